The molecule has 1 aliphatic rings. The Morgan fingerprint density at radius 1 is 1.24 bits per heavy atom. The van der Waals surface area contributed by atoms with Crippen LogP contribution in [0.15, 0.2) is 48.5 Å². The van der Waals surface area contributed by atoms with E-state index < -0.39 is 0 Å². The standard InChI is InChI=1S/C17H16FNO2/c18-15-7-2-1-6-13(15)14-10-16(14)19-17(21)9-11-4-3-5-12(20)8-11/h1-8,14,16,20H,9-10H2,(H,19,21). The maximum absolute atomic E-state index is 13.6. The highest BCUT2D eigenvalue weighted by Gasteiger charge is 2.40. The molecule has 0 aliphatic heterocycles. The summed E-state index contributed by atoms with van der Waals surface area (Å²) in [6.07, 6.45) is 0.988. The molecule has 1 fully saturated rings. The molecule has 0 spiro atoms. The van der Waals surface area contributed by atoms with Gasteiger partial charge >= 0.3 is 0 Å². The van der Waals surface area contributed by atoms with Gasteiger partial charge < -0.3 is 10.4 Å². The summed E-state index contributed by atoms with van der Waals surface area (Å²) in [4.78, 5) is 11.9. The number of hydrogen-bond donors (Lipinski definition) is 2. The van der Waals surface area contributed by atoms with Crippen LogP contribution in [0.2, 0.25) is 0 Å². The maximum atomic E-state index is 13.6. The van der Waals surface area contributed by atoms with Crippen molar-refractivity contribution in [3.05, 3.63) is 65.5 Å². The first-order valence-corrected chi connectivity index (χ1v) is 6.95. The van der Waals surface area contributed by atoms with Crippen LogP contribution in [0.5, 0.6) is 5.75 Å². The molecule has 2 unspecified atom stereocenters. The van der Waals surface area contributed by atoms with Crippen molar-refractivity contribution in [3.63, 3.8) is 0 Å². The Morgan fingerprint density at radius 3 is 2.81 bits per heavy atom. The molecule has 4 heteroatoms. The summed E-state index contributed by atoms with van der Waals surface area (Å²) in [6.45, 7) is 0. The molecular formula is C17H16FNO2. The van der Waals surface area contributed by atoms with Gasteiger partial charge in [0.05, 0.1) is 6.42 Å². The minimum absolute atomic E-state index is 0.00621. The second kappa shape index (κ2) is 5.56. The molecule has 3 rings (SSSR count). The first-order valence-electron chi connectivity index (χ1n) is 6.95. The molecule has 1 amide bonds. The van der Waals surface area contributed by atoms with E-state index in [0.29, 0.717) is 5.56 Å². The summed E-state index contributed by atoms with van der Waals surface area (Å²) in [5, 5.41) is 12.3. The van der Waals surface area contributed by atoms with E-state index in [9.17, 15) is 14.3 Å². The summed E-state index contributed by atoms with van der Waals surface area (Å²) in [5.74, 6) is -0.105. The van der Waals surface area contributed by atoms with Crippen LogP contribution in [-0.4, -0.2) is 17.1 Å². The summed E-state index contributed by atoms with van der Waals surface area (Å²) in [7, 11) is 0. The fourth-order valence-corrected chi connectivity index (χ4v) is 2.58. The Kier molecular flexibility index (Phi) is 3.60. The van der Waals surface area contributed by atoms with Crippen LogP contribution in [0.4, 0.5) is 4.39 Å². The van der Waals surface area contributed by atoms with Gasteiger partial charge in [-0.15, -0.1) is 0 Å². The molecular weight excluding hydrogens is 269 g/mol. The van der Waals surface area contributed by atoms with E-state index in [4.69, 9.17) is 0 Å². The third-order valence-corrected chi connectivity index (χ3v) is 3.72. The average molecular weight is 285 g/mol. The van der Waals surface area contributed by atoms with E-state index in [1.54, 1.807) is 36.4 Å². The van der Waals surface area contributed by atoms with Crippen molar-refractivity contribution in [2.75, 3.05) is 0 Å². The highest BCUT2D eigenvalue weighted by Crippen LogP contribution is 2.41. The van der Waals surface area contributed by atoms with E-state index >= 15 is 0 Å². The molecule has 0 heterocycles. The number of rotatable bonds is 4. The SMILES string of the molecule is O=C(Cc1cccc(O)c1)NC1CC1c1ccccc1F. The molecule has 0 saturated heterocycles. The summed E-state index contributed by atoms with van der Waals surface area (Å²) < 4.78 is 13.6. The second-order valence-electron chi connectivity index (χ2n) is 5.38. The number of carbonyl (C=O) groups is 1. The van der Waals surface area contributed by atoms with Crippen LogP contribution < -0.4 is 5.32 Å². The van der Waals surface area contributed by atoms with Crippen LogP contribution in [0.3, 0.4) is 0 Å². The summed E-state index contributed by atoms with van der Waals surface area (Å²) >= 11 is 0. The van der Waals surface area contributed by atoms with Crippen molar-refractivity contribution in [2.45, 2.75) is 24.8 Å². The van der Waals surface area contributed by atoms with Gasteiger partial charge in [0, 0.05) is 12.0 Å². The van der Waals surface area contributed by atoms with Crippen LogP contribution >= 0.6 is 0 Å². The van der Waals surface area contributed by atoms with Crippen LogP contribution in [0.1, 0.15) is 23.5 Å². The number of phenols is 1. The molecule has 0 aromatic heterocycles. The molecule has 2 atom stereocenters. The van der Waals surface area contributed by atoms with Gasteiger partial charge in [0.2, 0.25) is 5.91 Å². The summed E-state index contributed by atoms with van der Waals surface area (Å²) in [5.41, 5.74) is 1.43. The molecule has 1 saturated carbocycles. The lowest BCUT2D eigenvalue weighted by atomic mass is 10.1. The Bertz CT molecular complexity index is 671. The van der Waals surface area contributed by atoms with Crippen molar-refractivity contribution in [3.8, 4) is 5.75 Å². The number of aromatic hydroxyl groups is 1. The number of carbonyl (C=O) groups excluding carboxylic acids is 1. The molecule has 1 aliphatic carbocycles. The third kappa shape index (κ3) is 3.21. The van der Waals surface area contributed by atoms with E-state index in [1.165, 1.54) is 6.07 Å². The Hall–Kier alpha value is -2.36. The number of amides is 1. The number of phenolic OH excluding ortho intramolecular Hbond substituents is 1. The van der Waals surface area contributed by atoms with Gasteiger partial charge in [0.1, 0.15) is 11.6 Å². The predicted octanol–water partition coefficient (Wildman–Crippen LogP) is 2.75. The van der Waals surface area contributed by atoms with Gasteiger partial charge in [-0.05, 0) is 35.7 Å². The predicted molar refractivity (Wildman–Crippen MR) is 77.5 cm³/mol. The van der Waals surface area contributed by atoms with Crippen LogP contribution in [-0.2, 0) is 11.2 Å². The smallest absolute Gasteiger partial charge is 0.224 e. The molecule has 2 aromatic carbocycles. The third-order valence-electron chi connectivity index (χ3n) is 3.72. The second-order valence-corrected chi connectivity index (χ2v) is 5.38. The zero-order chi connectivity index (χ0) is 14.8. The number of nitrogens with one attached hydrogen (secondary N) is 1. The lowest BCUT2D eigenvalue weighted by molar-refractivity contribution is -0.120. The lowest BCUT2D eigenvalue weighted by Crippen LogP contribution is -2.28. The molecule has 0 radical (unpaired) electrons. The summed E-state index contributed by atoms with van der Waals surface area (Å²) in [6, 6.07) is 13.3. The van der Waals surface area contributed by atoms with Crippen molar-refractivity contribution in [1.29, 1.82) is 0 Å². The van der Waals surface area contributed by atoms with E-state index in [-0.39, 0.29) is 35.9 Å². The fourth-order valence-electron chi connectivity index (χ4n) is 2.58. The van der Waals surface area contributed by atoms with Gasteiger partial charge in [-0.3, -0.25) is 4.79 Å². The molecule has 108 valence electrons. The van der Waals surface area contributed by atoms with Gasteiger partial charge in [0.15, 0.2) is 0 Å². The average Bonchev–Trinajstić information content (AvgIpc) is 3.18. The number of halogens is 1. The first kappa shape index (κ1) is 13.6. The van der Waals surface area contributed by atoms with Gasteiger partial charge in [0.25, 0.3) is 0 Å². The topological polar surface area (TPSA) is 49.3 Å². The van der Waals surface area contributed by atoms with Crippen molar-refractivity contribution >= 4 is 5.91 Å². The minimum atomic E-state index is -0.216. The zero-order valence-electron chi connectivity index (χ0n) is 11.4. The Labute approximate surface area is 122 Å². The quantitative estimate of drug-likeness (QED) is 0.907. The largest absolute Gasteiger partial charge is 0.508 e. The molecule has 2 aromatic rings. The van der Waals surface area contributed by atoms with Crippen molar-refractivity contribution < 1.29 is 14.3 Å². The maximum Gasteiger partial charge on any atom is 0.224 e. The highest BCUT2D eigenvalue weighted by molar-refractivity contribution is 5.79. The first-order chi connectivity index (χ1) is 10.1. The van der Waals surface area contributed by atoms with Crippen LogP contribution in [0.25, 0.3) is 0 Å². The lowest BCUT2D eigenvalue weighted by Gasteiger charge is -2.06. The minimum Gasteiger partial charge on any atom is -0.508 e. The Balaban J connectivity index is 1.57. The fraction of sp³-hybridized carbons (Fsp3) is 0.235. The van der Waals surface area contributed by atoms with Crippen molar-refractivity contribution in [2.24, 2.45) is 0 Å². The number of hydrogen-bond acceptors (Lipinski definition) is 2. The van der Waals surface area contributed by atoms with Gasteiger partial charge in [-0.25, -0.2) is 4.39 Å². The van der Waals surface area contributed by atoms with Crippen molar-refractivity contribution in [1.82, 2.24) is 5.32 Å². The van der Waals surface area contributed by atoms with E-state index in [1.807, 2.05) is 6.07 Å². The molecule has 3 nitrogen and oxygen atoms in total. The Morgan fingerprint density at radius 2 is 2.05 bits per heavy atom. The molecule has 2 N–H and O–H groups in total. The monoisotopic (exact) mass is 285 g/mol. The van der Waals surface area contributed by atoms with Crippen LogP contribution in [0, 0.1) is 5.82 Å². The number of benzene rings is 2. The van der Waals surface area contributed by atoms with E-state index in [2.05, 4.69) is 5.32 Å². The zero-order valence-corrected chi connectivity index (χ0v) is 11.4. The van der Waals surface area contributed by atoms with Gasteiger partial charge in [-0.1, -0.05) is 30.3 Å². The van der Waals surface area contributed by atoms with Gasteiger partial charge in [-0.2, -0.15) is 0 Å². The highest BCUT2D eigenvalue weighted by atomic mass is 19.1. The van der Waals surface area contributed by atoms with E-state index in [0.717, 1.165) is 12.0 Å². The normalized spacial score (nSPS) is 20.0. The molecule has 21 heavy (non-hydrogen) atoms. The molecule has 0 bridgehead atoms.